The number of thiophene rings is 1. The molecule has 2 aromatic rings. The fourth-order valence-corrected chi connectivity index (χ4v) is 4.63. The van der Waals surface area contributed by atoms with Crippen molar-refractivity contribution >= 4 is 29.1 Å². The molecule has 1 aliphatic rings. The Hall–Kier alpha value is -1.47. The number of aliphatic imine (C=N–C) groups is 1. The van der Waals surface area contributed by atoms with Crippen LogP contribution in [0.15, 0.2) is 33.2 Å². The van der Waals surface area contributed by atoms with Gasteiger partial charge < -0.3 is 14.6 Å². The van der Waals surface area contributed by atoms with Crippen LogP contribution in [0.4, 0.5) is 0 Å². The number of rotatable bonds is 4. The Kier molecular flexibility index (Phi) is 5.84. The van der Waals surface area contributed by atoms with E-state index in [2.05, 4.69) is 45.8 Å². The zero-order valence-corrected chi connectivity index (χ0v) is 16.0. The molecule has 24 heavy (non-hydrogen) atoms. The normalized spacial score (nSPS) is 19.1. The molecule has 0 bridgehead atoms. The maximum absolute atomic E-state index is 5.57. The summed E-state index contributed by atoms with van der Waals surface area (Å²) in [5.41, 5.74) is 0.895. The molecule has 1 saturated heterocycles. The van der Waals surface area contributed by atoms with E-state index < -0.39 is 0 Å². The molecule has 1 aliphatic heterocycles. The van der Waals surface area contributed by atoms with E-state index in [0.717, 1.165) is 35.4 Å². The average molecular weight is 365 g/mol. The number of aromatic nitrogens is 1. The maximum atomic E-state index is 5.57. The van der Waals surface area contributed by atoms with Gasteiger partial charge in [0, 0.05) is 31.1 Å². The fourth-order valence-electron chi connectivity index (χ4n) is 2.67. The van der Waals surface area contributed by atoms with Crippen LogP contribution < -0.4 is 5.32 Å². The molecule has 1 fully saturated rings. The first-order valence-corrected chi connectivity index (χ1v) is 10.2. The molecule has 1 N–H and O–H groups in total. The molecule has 0 aromatic carbocycles. The van der Waals surface area contributed by atoms with Gasteiger partial charge >= 0.3 is 0 Å². The van der Waals surface area contributed by atoms with Crippen LogP contribution in [0.1, 0.15) is 19.5 Å². The Morgan fingerprint density at radius 2 is 2.42 bits per heavy atom. The summed E-state index contributed by atoms with van der Waals surface area (Å²) >= 11 is 3.70. The van der Waals surface area contributed by atoms with Gasteiger partial charge in [0.05, 0.1) is 17.1 Å². The Morgan fingerprint density at radius 1 is 1.54 bits per heavy atom. The van der Waals surface area contributed by atoms with Crippen LogP contribution >= 0.6 is 23.1 Å². The van der Waals surface area contributed by atoms with Crippen molar-refractivity contribution in [3.63, 3.8) is 0 Å². The Balaban J connectivity index is 1.58. The number of guanidine groups is 1. The van der Waals surface area contributed by atoms with Crippen molar-refractivity contribution in [2.45, 2.75) is 25.6 Å². The minimum atomic E-state index is 0.623. The van der Waals surface area contributed by atoms with Crippen molar-refractivity contribution in [3.8, 4) is 10.8 Å². The Bertz CT molecular complexity index is 666. The smallest absolute Gasteiger partial charge is 0.236 e. The van der Waals surface area contributed by atoms with E-state index in [0.29, 0.717) is 23.6 Å². The van der Waals surface area contributed by atoms with Gasteiger partial charge in [0.25, 0.3) is 0 Å². The van der Waals surface area contributed by atoms with Gasteiger partial charge in [0.2, 0.25) is 5.89 Å². The molecule has 0 saturated carbocycles. The second kappa shape index (κ2) is 8.07. The zero-order valence-electron chi connectivity index (χ0n) is 14.4. The van der Waals surface area contributed by atoms with E-state index in [1.807, 2.05) is 24.6 Å². The number of nitrogens with one attached hydrogen (secondary N) is 1. The lowest BCUT2D eigenvalue weighted by molar-refractivity contribution is 0.380. The van der Waals surface area contributed by atoms with Gasteiger partial charge in [-0.25, -0.2) is 4.98 Å². The van der Waals surface area contributed by atoms with Crippen LogP contribution in [0.3, 0.4) is 0 Å². The van der Waals surface area contributed by atoms with E-state index in [1.165, 1.54) is 0 Å². The second-order valence-electron chi connectivity index (χ2n) is 6.12. The van der Waals surface area contributed by atoms with Crippen molar-refractivity contribution in [1.82, 2.24) is 15.2 Å². The number of hydrogen-bond acceptors (Lipinski definition) is 5. The molecule has 7 heteroatoms. The molecular weight excluding hydrogens is 340 g/mol. The van der Waals surface area contributed by atoms with Crippen molar-refractivity contribution in [2.75, 3.05) is 25.9 Å². The highest BCUT2D eigenvalue weighted by molar-refractivity contribution is 8.00. The largest absolute Gasteiger partial charge is 0.443 e. The molecule has 2 aromatic heterocycles. The highest BCUT2D eigenvalue weighted by Crippen LogP contribution is 2.25. The third kappa shape index (κ3) is 4.13. The first kappa shape index (κ1) is 17.4. The summed E-state index contributed by atoms with van der Waals surface area (Å²) in [5.74, 6) is 3.46. The molecule has 0 spiro atoms. The van der Waals surface area contributed by atoms with E-state index in [-0.39, 0.29) is 0 Å². The summed E-state index contributed by atoms with van der Waals surface area (Å²) in [6, 6.07) is 4.02. The van der Waals surface area contributed by atoms with Crippen molar-refractivity contribution < 1.29 is 4.42 Å². The first-order valence-electron chi connectivity index (χ1n) is 8.23. The summed E-state index contributed by atoms with van der Waals surface area (Å²) < 4.78 is 5.57. The average Bonchev–Trinajstić information content (AvgIpc) is 3.27. The molecule has 0 aliphatic carbocycles. The van der Waals surface area contributed by atoms with Gasteiger partial charge in [-0.15, -0.1) is 11.3 Å². The number of thioether (sulfide) groups is 1. The maximum Gasteiger partial charge on any atom is 0.236 e. The molecule has 0 radical (unpaired) electrons. The third-order valence-electron chi connectivity index (χ3n) is 4.06. The summed E-state index contributed by atoms with van der Waals surface area (Å²) in [4.78, 5) is 12.4. The van der Waals surface area contributed by atoms with E-state index >= 15 is 0 Å². The van der Waals surface area contributed by atoms with Crippen LogP contribution in [-0.4, -0.2) is 47.0 Å². The molecule has 3 rings (SSSR count). The van der Waals surface area contributed by atoms with Crippen molar-refractivity contribution in [2.24, 2.45) is 10.9 Å². The van der Waals surface area contributed by atoms with Gasteiger partial charge in [0.1, 0.15) is 6.26 Å². The third-order valence-corrected chi connectivity index (χ3v) is 6.46. The van der Waals surface area contributed by atoms with Crippen LogP contribution in [-0.2, 0) is 6.54 Å². The minimum Gasteiger partial charge on any atom is -0.443 e. The standard InChI is InChI=1S/C17H24N4OS2/c1-12(2)15-10-21(6-8-24-15)17(18-3)19-9-13-11-22-16(20-13)14-5-4-7-23-14/h4-5,7,11-12,15H,6,8-10H2,1-3H3,(H,18,19). The minimum absolute atomic E-state index is 0.623. The van der Waals surface area contributed by atoms with E-state index in [1.54, 1.807) is 17.6 Å². The number of hydrogen-bond donors (Lipinski definition) is 1. The van der Waals surface area contributed by atoms with E-state index in [9.17, 15) is 0 Å². The summed E-state index contributed by atoms with van der Waals surface area (Å²) in [6.45, 7) is 7.28. The molecular formula is C17H24N4OS2. The van der Waals surface area contributed by atoms with Crippen LogP contribution in [0, 0.1) is 5.92 Å². The quantitative estimate of drug-likeness (QED) is 0.664. The Morgan fingerprint density at radius 3 is 3.12 bits per heavy atom. The summed E-state index contributed by atoms with van der Waals surface area (Å²) in [5, 5.41) is 6.11. The van der Waals surface area contributed by atoms with Crippen molar-refractivity contribution in [1.29, 1.82) is 0 Å². The molecule has 1 atom stereocenters. The van der Waals surface area contributed by atoms with Gasteiger partial charge in [-0.2, -0.15) is 11.8 Å². The fraction of sp³-hybridized carbons (Fsp3) is 0.529. The van der Waals surface area contributed by atoms with Gasteiger partial charge in [-0.05, 0) is 17.4 Å². The molecule has 130 valence electrons. The van der Waals surface area contributed by atoms with Gasteiger partial charge in [0.15, 0.2) is 5.96 Å². The van der Waals surface area contributed by atoms with Gasteiger partial charge in [-0.3, -0.25) is 4.99 Å². The van der Waals surface area contributed by atoms with Gasteiger partial charge in [-0.1, -0.05) is 19.9 Å². The lowest BCUT2D eigenvalue weighted by Crippen LogP contribution is -2.48. The summed E-state index contributed by atoms with van der Waals surface area (Å²) in [6.07, 6.45) is 1.72. The van der Waals surface area contributed by atoms with Crippen LogP contribution in [0.2, 0.25) is 0 Å². The molecule has 3 heterocycles. The topological polar surface area (TPSA) is 53.7 Å². The predicted octanol–water partition coefficient (Wildman–Crippen LogP) is 3.55. The molecule has 5 nitrogen and oxygen atoms in total. The number of oxazole rings is 1. The lowest BCUT2D eigenvalue weighted by Gasteiger charge is -2.36. The molecule has 0 amide bonds. The second-order valence-corrected chi connectivity index (χ2v) is 8.42. The zero-order chi connectivity index (χ0) is 16.9. The predicted molar refractivity (Wildman–Crippen MR) is 103 cm³/mol. The van der Waals surface area contributed by atoms with E-state index in [4.69, 9.17) is 4.42 Å². The lowest BCUT2D eigenvalue weighted by atomic mass is 10.1. The summed E-state index contributed by atoms with van der Waals surface area (Å²) in [7, 11) is 1.84. The number of nitrogens with zero attached hydrogens (tertiary/aromatic N) is 3. The monoisotopic (exact) mass is 364 g/mol. The first-order chi connectivity index (χ1) is 11.7. The SMILES string of the molecule is CN=C(NCc1coc(-c2cccs2)n1)N1CCSC(C(C)C)C1. The highest BCUT2D eigenvalue weighted by atomic mass is 32.2. The highest BCUT2D eigenvalue weighted by Gasteiger charge is 2.24. The molecule has 1 unspecified atom stereocenters. The Labute approximate surface area is 151 Å². The van der Waals surface area contributed by atoms with Crippen LogP contribution in [0.5, 0.6) is 0 Å². The van der Waals surface area contributed by atoms with Crippen LogP contribution in [0.25, 0.3) is 10.8 Å². The van der Waals surface area contributed by atoms with Crippen molar-refractivity contribution in [3.05, 3.63) is 29.5 Å².